The summed E-state index contributed by atoms with van der Waals surface area (Å²) in [5.74, 6) is 0.554. The molecule has 0 atom stereocenters. The molecule has 0 aliphatic rings. The Bertz CT molecular complexity index is 575. The van der Waals surface area contributed by atoms with Crippen molar-refractivity contribution in [1.29, 1.82) is 0 Å². The topological polar surface area (TPSA) is 75.4 Å². The highest BCUT2D eigenvalue weighted by Crippen LogP contribution is 2.17. The molecule has 0 bridgehead atoms. The van der Waals surface area contributed by atoms with Crippen LogP contribution in [0.1, 0.15) is 27.4 Å². The minimum atomic E-state index is -0.258. The van der Waals surface area contributed by atoms with Crippen molar-refractivity contribution in [2.75, 3.05) is 0 Å². The fourth-order valence-electron chi connectivity index (χ4n) is 1.52. The molecule has 94 valence electrons. The standard InChI is InChI=1S/C13H14N2O3/c1-8-3-4-10(6-12(8)16)13(17)14-7-11-5-9(2)18-15-11/h3-6,16H,7H2,1-2H3,(H,14,17). The van der Waals surface area contributed by atoms with E-state index in [0.29, 0.717) is 23.6 Å². The van der Waals surface area contributed by atoms with Gasteiger partial charge in [-0.1, -0.05) is 11.2 Å². The van der Waals surface area contributed by atoms with Crippen LogP contribution < -0.4 is 5.32 Å². The predicted molar refractivity (Wildman–Crippen MR) is 65.3 cm³/mol. The third kappa shape index (κ3) is 2.68. The normalized spacial score (nSPS) is 10.3. The van der Waals surface area contributed by atoms with Gasteiger partial charge >= 0.3 is 0 Å². The fraction of sp³-hybridized carbons (Fsp3) is 0.231. The lowest BCUT2D eigenvalue weighted by atomic mass is 10.1. The van der Waals surface area contributed by atoms with Crippen LogP contribution in [0.5, 0.6) is 5.75 Å². The molecule has 18 heavy (non-hydrogen) atoms. The molecule has 5 heteroatoms. The third-order valence-electron chi connectivity index (χ3n) is 2.58. The van der Waals surface area contributed by atoms with Gasteiger partial charge in [0, 0.05) is 11.6 Å². The first-order chi connectivity index (χ1) is 8.56. The number of phenols is 1. The summed E-state index contributed by atoms with van der Waals surface area (Å²) < 4.78 is 4.90. The van der Waals surface area contributed by atoms with Gasteiger partial charge in [0.2, 0.25) is 0 Å². The Labute approximate surface area is 104 Å². The van der Waals surface area contributed by atoms with Gasteiger partial charge in [0.25, 0.3) is 5.91 Å². The smallest absolute Gasteiger partial charge is 0.251 e. The number of aromatic hydroxyl groups is 1. The summed E-state index contributed by atoms with van der Waals surface area (Å²) in [7, 11) is 0. The van der Waals surface area contributed by atoms with Gasteiger partial charge in [-0.15, -0.1) is 0 Å². The molecule has 1 heterocycles. The molecule has 0 aliphatic carbocycles. The number of phenolic OH excluding ortho intramolecular Hbond substituents is 1. The average molecular weight is 246 g/mol. The van der Waals surface area contributed by atoms with Gasteiger partial charge in [0.1, 0.15) is 17.2 Å². The van der Waals surface area contributed by atoms with Crippen LogP contribution >= 0.6 is 0 Å². The zero-order valence-corrected chi connectivity index (χ0v) is 10.2. The average Bonchev–Trinajstić information content (AvgIpc) is 2.75. The van der Waals surface area contributed by atoms with Gasteiger partial charge in [0.15, 0.2) is 0 Å². The van der Waals surface area contributed by atoms with E-state index in [9.17, 15) is 9.90 Å². The van der Waals surface area contributed by atoms with Crippen LogP contribution in [0.25, 0.3) is 0 Å². The number of nitrogens with one attached hydrogen (secondary N) is 1. The Hall–Kier alpha value is -2.30. The summed E-state index contributed by atoms with van der Waals surface area (Å²) in [4.78, 5) is 11.8. The largest absolute Gasteiger partial charge is 0.508 e. The third-order valence-corrected chi connectivity index (χ3v) is 2.58. The van der Waals surface area contributed by atoms with Crippen molar-refractivity contribution in [3.8, 4) is 5.75 Å². The van der Waals surface area contributed by atoms with E-state index in [-0.39, 0.29) is 11.7 Å². The Morgan fingerprint density at radius 1 is 1.39 bits per heavy atom. The monoisotopic (exact) mass is 246 g/mol. The van der Waals surface area contributed by atoms with Gasteiger partial charge < -0.3 is 14.9 Å². The highest BCUT2D eigenvalue weighted by atomic mass is 16.5. The number of benzene rings is 1. The summed E-state index contributed by atoms with van der Waals surface area (Å²) >= 11 is 0. The van der Waals surface area contributed by atoms with Crippen molar-refractivity contribution in [1.82, 2.24) is 10.5 Å². The Morgan fingerprint density at radius 2 is 2.17 bits per heavy atom. The van der Waals surface area contributed by atoms with Gasteiger partial charge in [0.05, 0.1) is 6.54 Å². The molecular weight excluding hydrogens is 232 g/mol. The van der Waals surface area contributed by atoms with E-state index in [1.165, 1.54) is 6.07 Å². The fourth-order valence-corrected chi connectivity index (χ4v) is 1.52. The molecule has 0 radical (unpaired) electrons. The van der Waals surface area contributed by atoms with E-state index in [1.807, 2.05) is 0 Å². The van der Waals surface area contributed by atoms with Crippen LogP contribution in [0.4, 0.5) is 0 Å². The van der Waals surface area contributed by atoms with Crippen molar-refractivity contribution in [2.45, 2.75) is 20.4 Å². The van der Waals surface area contributed by atoms with Crippen LogP contribution in [0.3, 0.4) is 0 Å². The number of rotatable bonds is 3. The maximum Gasteiger partial charge on any atom is 0.251 e. The minimum Gasteiger partial charge on any atom is -0.508 e. The molecule has 0 saturated heterocycles. The number of amides is 1. The lowest BCUT2D eigenvalue weighted by Gasteiger charge is -2.04. The highest BCUT2D eigenvalue weighted by Gasteiger charge is 2.08. The quantitative estimate of drug-likeness (QED) is 0.867. The van der Waals surface area contributed by atoms with Crippen molar-refractivity contribution in [2.24, 2.45) is 0 Å². The van der Waals surface area contributed by atoms with E-state index in [0.717, 1.165) is 5.56 Å². The summed E-state index contributed by atoms with van der Waals surface area (Å²) in [6.07, 6.45) is 0. The molecule has 2 aromatic rings. The van der Waals surface area contributed by atoms with Gasteiger partial charge in [-0.05, 0) is 31.5 Å². The van der Waals surface area contributed by atoms with E-state index < -0.39 is 0 Å². The molecule has 0 spiro atoms. The van der Waals surface area contributed by atoms with Crippen LogP contribution in [0.15, 0.2) is 28.8 Å². The molecule has 0 unspecified atom stereocenters. The molecule has 2 rings (SSSR count). The highest BCUT2D eigenvalue weighted by molar-refractivity contribution is 5.94. The molecule has 1 amide bonds. The first kappa shape index (κ1) is 12.2. The van der Waals surface area contributed by atoms with E-state index in [4.69, 9.17) is 4.52 Å². The molecular formula is C13H14N2O3. The maximum atomic E-state index is 11.8. The second-order valence-electron chi connectivity index (χ2n) is 4.11. The molecule has 0 saturated carbocycles. The zero-order chi connectivity index (χ0) is 13.1. The molecule has 1 aromatic carbocycles. The molecule has 2 N–H and O–H groups in total. The van der Waals surface area contributed by atoms with Crippen molar-refractivity contribution >= 4 is 5.91 Å². The van der Waals surface area contributed by atoms with Crippen LogP contribution in [-0.4, -0.2) is 16.2 Å². The lowest BCUT2D eigenvalue weighted by molar-refractivity contribution is 0.0949. The Kier molecular flexibility index (Phi) is 3.32. The number of hydrogen-bond donors (Lipinski definition) is 2. The first-order valence-corrected chi connectivity index (χ1v) is 5.56. The molecule has 5 nitrogen and oxygen atoms in total. The summed E-state index contributed by atoms with van der Waals surface area (Å²) in [5, 5.41) is 16.0. The van der Waals surface area contributed by atoms with Crippen LogP contribution in [-0.2, 0) is 6.54 Å². The van der Waals surface area contributed by atoms with Crippen LogP contribution in [0.2, 0.25) is 0 Å². The van der Waals surface area contributed by atoms with Gasteiger partial charge in [-0.25, -0.2) is 0 Å². The van der Waals surface area contributed by atoms with Crippen molar-refractivity contribution in [3.05, 3.63) is 46.8 Å². The van der Waals surface area contributed by atoms with E-state index in [2.05, 4.69) is 10.5 Å². The SMILES string of the molecule is Cc1cc(CNC(=O)c2ccc(C)c(O)c2)no1. The number of nitrogens with zero attached hydrogens (tertiary/aromatic N) is 1. The Balaban J connectivity index is 2.01. The number of carbonyl (C=O) groups excluding carboxylic acids is 1. The van der Waals surface area contributed by atoms with Gasteiger partial charge in [-0.3, -0.25) is 4.79 Å². The van der Waals surface area contributed by atoms with Gasteiger partial charge in [-0.2, -0.15) is 0 Å². The van der Waals surface area contributed by atoms with Crippen LogP contribution in [0, 0.1) is 13.8 Å². The van der Waals surface area contributed by atoms with Crippen molar-refractivity contribution < 1.29 is 14.4 Å². The number of aryl methyl sites for hydroxylation is 2. The molecule has 0 fully saturated rings. The second-order valence-corrected chi connectivity index (χ2v) is 4.11. The zero-order valence-electron chi connectivity index (χ0n) is 10.2. The van der Waals surface area contributed by atoms with Crippen molar-refractivity contribution in [3.63, 3.8) is 0 Å². The van der Waals surface area contributed by atoms with E-state index >= 15 is 0 Å². The number of carbonyl (C=O) groups is 1. The molecule has 1 aromatic heterocycles. The predicted octanol–water partition coefficient (Wildman–Crippen LogP) is 1.93. The summed E-state index contributed by atoms with van der Waals surface area (Å²) in [6.45, 7) is 3.86. The number of hydrogen-bond acceptors (Lipinski definition) is 4. The lowest BCUT2D eigenvalue weighted by Crippen LogP contribution is -2.22. The Morgan fingerprint density at radius 3 is 2.78 bits per heavy atom. The summed E-state index contributed by atoms with van der Waals surface area (Å²) in [5.41, 5.74) is 1.81. The van der Waals surface area contributed by atoms with E-state index in [1.54, 1.807) is 32.0 Å². The number of aromatic nitrogens is 1. The molecule has 0 aliphatic heterocycles. The maximum absolute atomic E-state index is 11.8. The summed E-state index contributed by atoms with van der Waals surface area (Å²) in [6, 6.07) is 6.56. The second kappa shape index (κ2) is 4.91. The minimum absolute atomic E-state index is 0.111. The first-order valence-electron chi connectivity index (χ1n) is 5.56.